The molecule has 0 radical (unpaired) electrons. The van der Waals surface area contributed by atoms with E-state index in [9.17, 15) is 8.42 Å². The zero-order valence-electron chi connectivity index (χ0n) is 10.5. The molecule has 2 N–H and O–H groups in total. The van der Waals surface area contributed by atoms with Gasteiger partial charge < -0.3 is 5.73 Å². The van der Waals surface area contributed by atoms with E-state index in [1.54, 1.807) is 4.31 Å². The summed E-state index contributed by atoms with van der Waals surface area (Å²) in [5.41, 5.74) is 6.51. The lowest BCUT2D eigenvalue weighted by molar-refractivity contribution is 0.401. The van der Waals surface area contributed by atoms with E-state index >= 15 is 0 Å². The molecule has 0 atom stereocenters. The average Bonchev–Trinajstić information content (AvgIpc) is 3.20. The Bertz CT molecular complexity index is 469. The summed E-state index contributed by atoms with van der Waals surface area (Å²) < 4.78 is 26.2. The SMILES string of the molecule is NCCCN(Cc1ccccc1)S(=O)(=O)C1CC1. The summed E-state index contributed by atoms with van der Waals surface area (Å²) in [5.74, 6) is 0. The van der Waals surface area contributed by atoms with Gasteiger partial charge in [-0.3, -0.25) is 0 Å². The first kappa shape index (κ1) is 13.5. The largest absolute Gasteiger partial charge is 0.330 e. The molecule has 0 spiro atoms. The number of nitrogens with two attached hydrogens (primary N) is 1. The first-order valence-electron chi connectivity index (χ1n) is 6.37. The standard InChI is InChI=1S/C13H20N2O2S/c14-9-4-10-15(18(16,17)13-7-8-13)11-12-5-2-1-3-6-12/h1-3,5-6,13H,4,7-11,14H2. The molecule has 100 valence electrons. The van der Waals surface area contributed by atoms with Crippen LogP contribution in [0.4, 0.5) is 0 Å². The van der Waals surface area contributed by atoms with Crippen LogP contribution in [-0.2, 0) is 16.6 Å². The van der Waals surface area contributed by atoms with E-state index in [-0.39, 0.29) is 5.25 Å². The van der Waals surface area contributed by atoms with Crippen LogP contribution in [0.1, 0.15) is 24.8 Å². The van der Waals surface area contributed by atoms with Crippen molar-refractivity contribution in [3.05, 3.63) is 35.9 Å². The molecule has 0 unspecified atom stereocenters. The minimum atomic E-state index is -3.12. The molecule has 18 heavy (non-hydrogen) atoms. The third kappa shape index (κ3) is 3.31. The van der Waals surface area contributed by atoms with Gasteiger partial charge in [0.1, 0.15) is 0 Å². The van der Waals surface area contributed by atoms with Crippen molar-refractivity contribution in [3.8, 4) is 0 Å². The highest BCUT2D eigenvalue weighted by atomic mass is 32.2. The predicted octanol–water partition coefficient (Wildman–Crippen LogP) is 1.33. The molecule has 1 aliphatic carbocycles. The lowest BCUT2D eigenvalue weighted by atomic mass is 10.2. The Labute approximate surface area is 109 Å². The minimum Gasteiger partial charge on any atom is -0.330 e. The Morgan fingerprint density at radius 3 is 2.44 bits per heavy atom. The smallest absolute Gasteiger partial charge is 0.217 e. The summed E-state index contributed by atoms with van der Waals surface area (Å²) in [4.78, 5) is 0. The molecule has 1 saturated carbocycles. The lowest BCUT2D eigenvalue weighted by Crippen LogP contribution is -2.35. The Kier molecular flexibility index (Phi) is 4.37. The number of hydrogen-bond acceptors (Lipinski definition) is 3. The van der Waals surface area contributed by atoms with Gasteiger partial charge in [-0.25, -0.2) is 8.42 Å². The van der Waals surface area contributed by atoms with Gasteiger partial charge in [-0.1, -0.05) is 30.3 Å². The number of hydrogen-bond donors (Lipinski definition) is 1. The molecule has 0 aliphatic heterocycles. The fraction of sp³-hybridized carbons (Fsp3) is 0.538. The number of nitrogens with zero attached hydrogens (tertiary/aromatic N) is 1. The Morgan fingerprint density at radius 2 is 1.89 bits per heavy atom. The summed E-state index contributed by atoms with van der Waals surface area (Å²) in [6.45, 7) is 1.50. The van der Waals surface area contributed by atoms with Crippen molar-refractivity contribution < 1.29 is 8.42 Å². The van der Waals surface area contributed by atoms with Gasteiger partial charge in [-0.05, 0) is 31.4 Å². The zero-order chi connectivity index (χ0) is 13.0. The second-order valence-electron chi connectivity index (χ2n) is 4.71. The van der Waals surface area contributed by atoms with Crippen molar-refractivity contribution in [2.45, 2.75) is 31.1 Å². The summed E-state index contributed by atoms with van der Waals surface area (Å²) in [7, 11) is -3.12. The molecule has 5 heteroatoms. The molecule has 1 aromatic rings. The van der Waals surface area contributed by atoms with Gasteiger partial charge in [-0.2, -0.15) is 4.31 Å². The van der Waals surface area contributed by atoms with Crippen LogP contribution < -0.4 is 5.73 Å². The molecular weight excluding hydrogens is 248 g/mol. The molecular formula is C13H20N2O2S. The molecule has 2 rings (SSSR count). The van der Waals surface area contributed by atoms with Crippen LogP contribution in [-0.4, -0.2) is 31.1 Å². The van der Waals surface area contributed by atoms with Gasteiger partial charge in [0.15, 0.2) is 0 Å². The second kappa shape index (κ2) is 5.82. The molecule has 1 aliphatic rings. The van der Waals surface area contributed by atoms with E-state index in [1.165, 1.54) is 0 Å². The van der Waals surface area contributed by atoms with Crippen LogP contribution in [0.5, 0.6) is 0 Å². The molecule has 0 heterocycles. The van der Waals surface area contributed by atoms with E-state index < -0.39 is 10.0 Å². The molecule has 0 saturated heterocycles. The normalized spacial score (nSPS) is 16.1. The van der Waals surface area contributed by atoms with Crippen LogP contribution in [0.3, 0.4) is 0 Å². The molecule has 4 nitrogen and oxygen atoms in total. The van der Waals surface area contributed by atoms with Crippen LogP contribution in [0.2, 0.25) is 0 Å². The summed E-state index contributed by atoms with van der Waals surface area (Å²) in [5, 5.41) is -0.154. The Morgan fingerprint density at radius 1 is 1.22 bits per heavy atom. The highest BCUT2D eigenvalue weighted by Crippen LogP contribution is 2.31. The fourth-order valence-corrected chi connectivity index (χ4v) is 3.79. The van der Waals surface area contributed by atoms with E-state index in [0.717, 1.165) is 18.4 Å². The number of rotatable bonds is 7. The van der Waals surface area contributed by atoms with Gasteiger partial charge in [0, 0.05) is 13.1 Å². The minimum absolute atomic E-state index is 0.154. The van der Waals surface area contributed by atoms with Gasteiger partial charge in [0.2, 0.25) is 10.0 Å². The highest BCUT2D eigenvalue weighted by Gasteiger charge is 2.39. The Hall–Kier alpha value is -0.910. The van der Waals surface area contributed by atoms with Gasteiger partial charge in [0.25, 0.3) is 0 Å². The van der Waals surface area contributed by atoms with Crippen LogP contribution in [0.15, 0.2) is 30.3 Å². The van der Waals surface area contributed by atoms with Gasteiger partial charge in [-0.15, -0.1) is 0 Å². The Balaban J connectivity index is 2.10. The van der Waals surface area contributed by atoms with Crippen molar-refractivity contribution >= 4 is 10.0 Å². The van der Waals surface area contributed by atoms with Gasteiger partial charge >= 0.3 is 0 Å². The van der Waals surface area contributed by atoms with E-state index in [2.05, 4.69) is 0 Å². The van der Waals surface area contributed by atoms with Crippen LogP contribution >= 0.6 is 0 Å². The predicted molar refractivity (Wildman–Crippen MR) is 72.5 cm³/mol. The average molecular weight is 268 g/mol. The molecule has 1 aromatic carbocycles. The third-order valence-electron chi connectivity index (χ3n) is 3.12. The van der Waals surface area contributed by atoms with E-state index in [0.29, 0.717) is 26.1 Å². The number of benzene rings is 1. The maximum Gasteiger partial charge on any atom is 0.217 e. The van der Waals surface area contributed by atoms with Gasteiger partial charge in [0.05, 0.1) is 5.25 Å². The van der Waals surface area contributed by atoms with Crippen molar-refractivity contribution in [1.29, 1.82) is 0 Å². The van der Waals surface area contributed by atoms with E-state index in [1.807, 2.05) is 30.3 Å². The topological polar surface area (TPSA) is 63.4 Å². The van der Waals surface area contributed by atoms with Crippen LogP contribution in [0.25, 0.3) is 0 Å². The molecule has 0 aromatic heterocycles. The second-order valence-corrected chi connectivity index (χ2v) is 6.92. The maximum absolute atomic E-state index is 12.3. The van der Waals surface area contributed by atoms with Crippen molar-refractivity contribution in [1.82, 2.24) is 4.31 Å². The molecule has 0 bridgehead atoms. The van der Waals surface area contributed by atoms with E-state index in [4.69, 9.17) is 5.73 Å². The third-order valence-corrected chi connectivity index (χ3v) is 5.46. The summed E-state index contributed by atoms with van der Waals surface area (Å²) in [6.07, 6.45) is 2.31. The molecule has 0 amide bonds. The highest BCUT2D eigenvalue weighted by molar-refractivity contribution is 7.90. The van der Waals surface area contributed by atoms with Crippen LogP contribution in [0, 0.1) is 0 Å². The summed E-state index contributed by atoms with van der Waals surface area (Å²) in [6, 6.07) is 9.71. The van der Waals surface area contributed by atoms with Crippen molar-refractivity contribution in [3.63, 3.8) is 0 Å². The first-order chi connectivity index (χ1) is 8.64. The van der Waals surface area contributed by atoms with Crippen molar-refractivity contribution in [2.75, 3.05) is 13.1 Å². The molecule has 1 fully saturated rings. The summed E-state index contributed by atoms with van der Waals surface area (Å²) >= 11 is 0. The zero-order valence-corrected chi connectivity index (χ0v) is 11.3. The lowest BCUT2D eigenvalue weighted by Gasteiger charge is -2.22. The quantitative estimate of drug-likeness (QED) is 0.811. The number of sulfonamides is 1. The van der Waals surface area contributed by atoms with Crippen molar-refractivity contribution in [2.24, 2.45) is 5.73 Å². The fourth-order valence-electron chi connectivity index (χ4n) is 1.93. The maximum atomic E-state index is 12.3. The monoisotopic (exact) mass is 268 g/mol. The first-order valence-corrected chi connectivity index (χ1v) is 7.88.